The number of anilines is 1. The zero-order chi connectivity index (χ0) is 13.9. The Balaban J connectivity index is 2.06. The fourth-order valence-electron chi connectivity index (χ4n) is 1.94. The number of nitrogen functional groups attached to an aromatic ring is 1. The van der Waals surface area contributed by atoms with Crippen LogP contribution in [-0.2, 0) is 14.8 Å². The molecule has 19 heavy (non-hydrogen) atoms. The maximum Gasteiger partial charge on any atom is 0.242 e. The first kappa shape index (κ1) is 14.6. The molecule has 0 bridgehead atoms. The van der Waals surface area contributed by atoms with E-state index >= 15 is 0 Å². The van der Waals surface area contributed by atoms with Gasteiger partial charge < -0.3 is 10.5 Å². The molecule has 106 valence electrons. The Morgan fingerprint density at radius 3 is 2.89 bits per heavy atom. The number of hydrogen-bond acceptors (Lipinski definition) is 5. The quantitative estimate of drug-likeness (QED) is 0.635. The van der Waals surface area contributed by atoms with Crippen LogP contribution in [0.5, 0.6) is 0 Å². The summed E-state index contributed by atoms with van der Waals surface area (Å²) in [4.78, 5) is 1.08. The average Bonchev–Trinajstić information content (AvgIpc) is 2.89. The van der Waals surface area contributed by atoms with Crippen LogP contribution in [0.15, 0.2) is 28.0 Å². The number of nitrogens with one attached hydrogen (secondary N) is 1. The van der Waals surface area contributed by atoms with Crippen molar-refractivity contribution in [2.75, 3.05) is 25.1 Å². The van der Waals surface area contributed by atoms with Crippen molar-refractivity contribution in [3.8, 4) is 0 Å². The Morgan fingerprint density at radius 1 is 1.53 bits per heavy atom. The van der Waals surface area contributed by atoms with E-state index in [-0.39, 0.29) is 10.6 Å². The molecule has 1 unspecified atom stereocenters. The third-order valence-corrected chi connectivity index (χ3v) is 5.61. The molecule has 7 heteroatoms. The maximum absolute atomic E-state index is 11.7. The fraction of sp³-hybridized carbons (Fsp3) is 0.500. The molecule has 2 rings (SSSR count). The van der Waals surface area contributed by atoms with Crippen LogP contribution in [0, 0.1) is 0 Å². The summed E-state index contributed by atoms with van der Waals surface area (Å²) in [5.74, 6) is 0.873. The highest BCUT2D eigenvalue weighted by Crippen LogP contribution is 2.28. The van der Waals surface area contributed by atoms with Gasteiger partial charge in [-0.2, -0.15) is 0 Å². The first-order chi connectivity index (χ1) is 9.03. The van der Waals surface area contributed by atoms with E-state index in [0.29, 0.717) is 6.10 Å². The highest BCUT2D eigenvalue weighted by molar-refractivity contribution is 7.99. The van der Waals surface area contributed by atoms with Crippen molar-refractivity contribution in [1.82, 2.24) is 4.72 Å². The fourth-order valence-corrected chi connectivity index (χ4v) is 3.79. The van der Waals surface area contributed by atoms with Gasteiger partial charge in [-0.1, -0.05) is 0 Å². The van der Waals surface area contributed by atoms with E-state index in [9.17, 15) is 8.42 Å². The van der Waals surface area contributed by atoms with Crippen molar-refractivity contribution in [2.24, 2.45) is 0 Å². The molecule has 0 aromatic heterocycles. The lowest BCUT2D eigenvalue weighted by Gasteiger charge is -2.11. The smallest absolute Gasteiger partial charge is 0.242 e. The SMILES string of the molecule is CNS(=O)(=O)c1ccc(SCC2CCCO2)cc1N. The predicted octanol–water partition coefficient (Wildman–Crippen LogP) is 1.45. The van der Waals surface area contributed by atoms with Crippen molar-refractivity contribution < 1.29 is 13.2 Å². The summed E-state index contributed by atoms with van der Waals surface area (Å²) in [6.45, 7) is 0.840. The summed E-state index contributed by atoms with van der Waals surface area (Å²) in [7, 11) is -2.12. The van der Waals surface area contributed by atoms with Gasteiger partial charge in [-0.05, 0) is 38.1 Å². The van der Waals surface area contributed by atoms with Crippen LogP contribution in [0.3, 0.4) is 0 Å². The summed E-state index contributed by atoms with van der Waals surface area (Å²) in [5, 5.41) is 0. The minimum absolute atomic E-state index is 0.122. The zero-order valence-corrected chi connectivity index (χ0v) is 12.4. The van der Waals surface area contributed by atoms with E-state index in [1.807, 2.05) is 0 Å². The van der Waals surface area contributed by atoms with Crippen LogP contribution in [0.4, 0.5) is 5.69 Å². The van der Waals surface area contributed by atoms with Crippen LogP contribution >= 0.6 is 11.8 Å². The molecule has 5 nitrogen and oxygen atoms in total. The Hall–Kier alpha value is -0.760. The Kier molecular flexibility index (Phi) is 4.72. The summed E-state index contributed by atoms with van der Waals surface area (Å²) < 4.78 is 31.2. The van der Waals surface area contributed by atoms with Gasteiger partial charge in [0, 0.05) is 17.3 Å². The Morgan fingerprint density at radius 2 is 2.32 bits per heavy atom. The summed E-state index contributed by atoms with van der Waals surface area (Å²) in [5.41, 5.74) is 6.07. The largest absolute Gasteiger partial charge is 0.398 e. The number of ether oxygens (including phenoxy) is 1. The van der Waals surface area contributed by atoms with Crippen LogP contribution < -0.4 is 10.5 Å². The van der Waals surface area contributed by atoms with E-state index in [4.69, 9.17) is 10.5 Å². The van der Waals surface area contributed by atoms with Gasteiger partial charge in [-0.25, -0.2) is 13.1 Å². The molecule has 1 aromatic carbocycles. The van der Waals surface area contributed by atoms with E-state index in [1.165, 1.54) is 7.05 Å². The first-order valence-corrected chi connectivity index (χ1v) is 8.57. The highest BCUT2D eigenvalue weighted by atomic mass is 32.2. The molecule has 1 atom stereocenters. The van der Waals surface area contributed by atoms with Gasteiger partial charge >= 0.3 is 0 Å². The number of thioether (sulfide) groups is 1. The number of sulfonamides is 1. The molecular weight excluding hydrogens is 284 g/mol. The maximum atomic E-state index is 11.7. The third-order valence-electron chi connectivity index (χ3n) is 3.00. The van der Waals surface area contributed by atoms with Gasteiger partial charge in [-0.3, -0.25) is 0 Å². The van der Waals surface area contributed by atoms with Gasteiger partial charge in [0.25, 0.3) is 0 Å². The lowest BCUT2D eigenvalue weighted by molar-refractivity contribution is 0.129. The second-order valence-corrected chi connectivity index (χ2v) is 7.30. The lowest BCUT2D eigenvalue weighted by Crippen LogP contribution is -2.19. The molecule has 1 aliphatic heterocycles. The van der Waals surface area contributed by atoms with Crippen molar-refractivity contribution >= 4 is 27.5 Å². The second-order valence-electron chi connectivity index (χ2n) is 4.35. The number of nitrogens with two attached hydrogens (primary N) is 1. The van der Waals surface area contributed by atoms with Crippen LogP contribution in [-0.4, -0.2) is 33.9 Å². The normalized spacial score (nSPS) is 19.7. The van der Waals surface area contributed by atoms with E-state index < -0.39 is 10.0 Å². The topological polar surface area (TPSA) is 81.4 Å². The summed E-state index contributed by atoms with van der Waals surface area (Å²) in [6, 6.07) is 5.02. The zero-order valence-electron chi connectivity index (χ0n) is 10.8. The number of rotatable bonds is 5. The van der Waals surface area contributed by atoms with E-state index in [2.05, 4.69) is 4.72 Å². The molecule has 1 heterocycles. The van der Waals surface area contributed by atoms with Gasteiger partial charge in [-0.15, -0.1) is 11.8 Å². The van der Waals surface area contributed by atoms with Crippen LogP contribution in [0.1, 0.15) is 12.8 Å². The van der Waals surface area contributed by atoms with Crippen molar-refractivity contribution in [1.29, 1.82) is 0 Å². The molecule has 0 aliphatic carbocycles. The molecule has 3 N–H and O–H groups in total. The molecular formula is C12H18N2O3S2. The molecule has 1 fully saturated rings. The van der Waals surface area contributed by atoms with Crippen LogP contribution in [0.25, 0.3) is 0 Å². The van der Waals surface area contributed by atoms with Gasteiger partial charge in [0.05, 0.1) is 11.8 Å². The predicted molar refractivity (Wildman–Crippen MR) is 76.8 cm³/mol. The molecule has 1 saturated heterocycles. The lowest BCUT2D eigenvalue weighted by atomic mass is 10.3. The first-order valence-electron chi connectivity index (χ1n) is 6.10. The summed E-state index contributed by atoms with van der Waals surface area (Å²) >= 11 is 1.64. The standard InChI is InChI=1S/C12H18N2O3S2/c1-14-19(15,16)12-5-4-10(7-11(12)13)18-8-9-3-2-6-17-9/h4-5,7,9,14H,2-3,6,8,13H2,1H3. The average molecular weight is 302 g/mol. The van der Waals surface area contributed by atoms with Crippen molar-refractivity contribution in [3.05, 3.63) is 18.2 Å². The van der Waals surface area contributed by atoms with E-state index in [0.717, 1.165) is 30.1 Å². The van der Waals surface area contributed by atoms with Gasteiger partial charge in [0.1, 0.15) is 4.90 Å². The Labute approximate surface area is 118 Å². The van der Waals surface area contributed by atoms with Crippen molar-refractivity contribution in [2.45, 2.75) is 28.7 Å². The second kappa shape index (κ2) is 6.13. The minimum Gasteiger partial charge on any atom is -0.398 e. The number of benzene rings is 1. The van der Waals surface area contributed by atoms with Crippen LogP contribution in [0.2, 0.25) is 0 Å². The van der Waals surface area contributed by atoms with Crippen molar-refractivity contribution in [3.63, 3.8) is 0 Å². The molecule has 0 amide bonds. The molecule has 0 spiro atoms. The van der Waals surface area contributed by atoms with Gasteiger partial charge in [0.15, 0.2) is 0 Å². The molecule has 0 radical (unpaired) electrons. The van der Waals surface area contributed by atoms with Gasteiger partial charge in [0.2, 0.25) is 10.0 Å². The highest BCUT2D eigenvalue weighted by Gasteiger charge is 2.17. The monoisotopic (exact) mass is 302 g/mol. The molecule has 1 aliphatic rings. The summed E-state index contributed by atoms with van der Waals surface area (Å²) in [6.07, 6.45) is 2.51. The third kappa shape index (κ3) is 3.62. The number of hydrogen-bond donors (Lipinski definition) is 2. The minimum atomic E-state index is -3.49. The molecule has 0 saturated carbocycles. The Bertz CT molecular complexity index is 540. The van der Waals surface area contributed by atoms with E-state index in [1.54, 1.807) is 30.0 Å². The molecule has 1 aromatic rings.